The Hall–Kier alpha value is -1.59. The zero-order chi connectivity index (χ0) is 16.0. The van der Waals surface area contributed by atoms with Crippen LogP contribution in [0.5, 0.6) is 0 Å². The summed E-state index contributed by atoms with van der Waals surface area (Å²) < 4.78 is 24.2. The average molecular weight is 314 g/mol. The van der Waals surface area contributed by atoms with E-state index < -0.39 is 15.9 Å². The molecule has 1 amide bonds. The molecule has 0 aromatic heterocycles. The lowest BCUT2D eigenvalue weighted by Crippen LogP contribution is -2.46. The molecule has 1 heterocycles. The largest absolute Gasteiger partial charge is 0.373 e. The Kier molecular flexibility index (Phi) is 6.18. The van der Waals surface area contributed by atoms with E-state index in [1.807, 2.05) is 19.9 Å². The molecule has 118 valence electrons. The van der Waals surface area contributed by atoms with Gasteiger partial charge in [-0.05, 0) is 13.3 Å². The van der Waals surface area contributed by atoms with E-state index >= 15 is 0 Å². The molecule has 1 unspecified atom stereocenters. The summed E-state index contributed by atoms with van der Waals surface area (Å²) in [5, 5.41) is 11.8. The topological polar surface area (TPSA) is 93.5 Å². The maximum Gasteiger partial charge on any atom is 0.263 e. The SMILES string of the molecule is CCC(C)NC(=O)/C(C#N)=C\N1CCN(S(C)(=O)=O)CC1. The van der Waals surface area contributed by atoms with Crippen molar-refractivity contribution in [3.05, 3.63) is 11.8 Å². The fraction of sp³-hybridized carbons (Fsp3) is 0.692. The van der Waals surface area contributed by atoms with Crippen molar-refractivity contribution in [1.82, 2.24) is 14.5 Å². The quantitative estimate of drug-likeness (QED) is 0.564. The van der Waals surface area contributed by atoms with Gasteiger partial charge >= 0.3 is 0 Å². The lowest BCUT2D eigenvalue weighted by molar-refractivity contribution is -0.117. The molecule has 1 rings (SSSR count). The number of nitrogens with one attached hydrogen (secondary N) is 1. The van der Waals surface area contributed by atoms with Crippen LogP contribution in [0.4, 0.5) is 0 Å². The molecule has 0 saturated carbocycles. The van der Waals surface area contributed by atoms with Crippen LogP contribution in [0, 0.1) is 11.3 Å². The van der Waals surface area contributed by atoms with Crippen LogP contribution in [0.3, 0.4) is 0 Å². The molecular weight excluding hydrogens is 292 g/mol. The van der Waals surface area contributed by atoms with Gasteiger partial charge < -0.3 is 10.2 Å². The molecule has 1 fully saturated rings. The fourth-order valence-electron chi connectivity index (χ4n) is 1.89. The van der Waals surface area contributed by atoms with Gasteiger partial charge in [0.2, 0.25) is 10.0 Å². The number of nitriles is 1. The van der Waals surface area contributed by atoms with E-state index in [0.29, 0.717) is 26.2 Å². The van der Waals surface area contributed by atoms with E-state index in [1.165, 1.54) is 16.8 Å². The number of hydrogen-bond donors (Lipinski definition) is 1. The number of amides is 1. The average Bonchev–Trinajstić information content (AvgIpc) is 2.43. The second-order valence-corrected chi connectivity index (χ2v) is 7.12. The molecule has 0 aromatic carbocycles. The maximum atomic E-state index is 11.9. The molecule has 1 aliphatic rings. The highest BCUT2D eigenvalue weighted by atomic mass is 32.2. The van der Waals surface area contributed by atoms with Crippen molar-refractivity contribution in [3.63, 3.8) is 0 Å². The first-order valence-corrected chi connectivity index (χ1v) is 8.74. The van der Waals surface area contributed by atoms with E-state index in [4.69, 9.17) is 5.26 Å². The first-order chi connectivity index (χ1) is 9.77. The summed E-state index contributed by atoms with van der Waals surface area (Å²) in [4.78, 5) is 13.7. The molecule has 1 aliphatic heterocycles. The van der Waals surface area contributed by atoms with Crippen LogP contribution in [0.2, 0.25) is 0 Å². The monoisotopic (exact) mass is 314 g/mol. The summed E-state index contributed by atoms with van der Waals surface area (Å²) in [6.45, 7) is 5.48. The van der Waals surface area contributed by atoms with Crippen LogP contribution < -0.4 is 5.32 Å². The second-order valence-electron chi connectivity index (χ2n) is 5.14. The third kappa shape index (κ3) is 5.36. The molecule has 0 radical (unpaired) electrons. The van der Waals surface area contributed by atoms with Gasteiger partial charge in [-0.3, -0.25) is 4.79 Å². The Balaban J connectivity index is 2.66. The van der Waals surface area contributed by atoms with Gasteiger partial charge in [-0.2, -0.15) is 9.57 Å². The van der Waals surface area contributed by atoms with Gasteiger partial charge in [0.25, 0.3) is 5.91 Å². The lowest BCUT2D eigenvalue weighted by atomic mass is 10.2. The smallest absolute Gasteiger partial charge is 0.263 e. The zero-order valence-electron chi connectivity index (χ0n) is 12.7. The third-order valence-electron chi connectivity index (χ3n) is 3.41. The Morgan fingerprint density at radius 3 is 2.38 bits per heavy atom. The van der Waals surface area contributed by atoms with Crippen LogP contribution in [-0.4, -0.2) is 62.0 Å². The van der Waals surface area contributed by atoms with Gasteiger partial charge in [-0.25, -0.2) is 8.42 Å². The molecule has 0 aliphatic carbocycles. The van der Waals surface area contributed by atoms with Crippen LogP contribution in [0.25, 0.3) is 0 Å². The lowest BCUT2D eigenvalue weighted by Gasteiger charge is -2.32. The van der Waals surface area contributed by atoms with Crippen molar-refractivity contribution in [1.29, 1.82) is 5.26 Å². The number of carbonyl (C=O) groups is 1. The van der Waals surface area contributed by atoms with Crippen molar-refractivity contribution in [2.45, 2.75) is 26.3 Å². The predicted molar refractivity (Wildman–Crippen MR) is 79.6 cm³/mol. The third-order valence-corrected chi connectivity index (χ3v) is 4.71. The van der Waals surface area contributed by atoms with Gasteiger partial charge in [0.1, 0.15) is 11.6 Å². The van der Waals surface area contributed by atoms with Crippen molar-refractivity contribution >= 4 is 15.9 Å². The Morgan fingerprint density at radius 1 is 1.38 bits per heavy atom. The summed E-state index contributed by atoms with van der Waals surface area (Å²) >= 11 is 0. The van der Waals surface area contributed by atoms with Crippen molar-refractivity contribution in [2.24, 2.45) is 0 Å². The van der Waals surface area contributed by atoms with E-state index in [0.717, 1.165) is 6.42 Å². The number of piperazine rings is 1. The van der Waals surface area contributed by atoms with Crippen LogP contribution in [0.1, 0.15) is 20.3 Å². The summed E-state index contributed by atoms with van der Waals surface area (Å²) in [5.41, 5.74) is 0.0445. The van der Waals surface area contributed by atoms with Gasteiger partial charge in [-0.15, -0.1) is 0 Å². The Labute approximate surface area is 126 Å². The summed E-state index contributed by atoms with van der Waals surface area (Å²) in [5.74, 6) is -0.391. The summed E-state index contributed by atoms with van der Waals surface area (Å²) in [7, 11) is -3.18. The van der Waals surface area contributed by atoms with Crippen molar-refractivity contribution < 1.29 is 13.2 Å². The number of hydrogen-bond acceptors (Lipinski definition) is 5. The predicted octanol–water partition coefficient (Wildman–Crippen LogP) is -0.114. The van der Waals surface area contributed by atoms with Gasteiger partial charge in [-0.1, -0.05) is 6.92 Å². The number of nitrogens with zero attached hydrogens (tertiary/aromatic N) is 3. The van der Waals surface area contributed by atoms with Crippen LogP contribution in [0.15, 0.2) is 11.8 Å². The second kappa shape index (κ2) is 7.43. The number of rotatable bonds is 5. The highest BCUT2D eigenvalue weighted by Gasteiger charge is 2.23. The van der Waals surface area contributed by atoms with Gasteiger partial charge in [0.15, 0.2) is 0 Å². The molecule has 1 N–H and O–H groups in total. The van der Waals surface area contributed by atoms with Crippen LogP contribution in [-0.2, 0) is 14.8 Å². The maximum absolute atomic E-state index is 11.9. The zero-order valence-corrected chi connectivity index (χ0v) is 13.5. The highest BCUT2D eigenvalue weighted by molar-refractivity contribution is 7.88. The highest BCUT2D eigenvalue weighted by Crippen LogP contribution is 2.08. The first kappa shape index (κ1) is 17.5. The number of carbonyl (C=O) groups excluding carboxylic acids is 1. The van der Waals surface area contributed by atoms with Gasteiger partial charge in [0, 0.05) is 38.4 Å². The minimum Gasteiger partial charge on any atom is -0.373 e. The summed E-state index contributed by atoms with van der Waals surface area (Å²) in [6, 6.07) is 1.91. The van der Waals surface area contributed by atoms with E-state index in [9.17, 15) is 13.2 Å². The van der Waals surface area contributed by atoms with E-state index in [2.05, 4.69) is 5.32 Å². The summed E-state index contributed by atoms with van der Waals surface area (Å²) in [6.07, 6.45) is 3.48. The fourth-order valence-corrected chi connectivity index (χ4v) is 2.72. The Bertz CT molecular complexity index is 542. The molecule has 0 aromatic rings. The Morgan fingerprint density at radius 2 is 1.95 bits per heavy atom. The van der Waals surface area contributed by atoms with Crippen molar-refractivity contribution in [2.75, 3.05) is 32.4 Å². The standard InChI is InChI=1S/C13H22N4O3S/c1-4-11(2)15-13(18)12(9-14)10-16-5-7-17(8-6-16)21(3,19)20/h10-11H,4-8H2,1-3H3,(H,15,18)/b12-10-. The normalized spacial score (nSPS) is 19.0. The molecular formula is C13H22N4O3S. The van der Waals surface area contributed by atoms with Crippen molar-refractivity contribution in [3.8, 4) is 6.07 Å². The van der Waals surface area contributed by atoms with Gasteiger partial charge in [0.05, 0.1) is 6.26 Å². The molecule has 1 atom stereocenters. The minimum atomic E-state index is -3.18. The molecule has 7 nitrogen and oxygen atoms in total. The van der Waals surface area contributed by atoms with E-state index in [-0.39, 0.29) is 11.6 Å². The van der Waals surface area contributed by atoms with Crippen LogP contribution >= 0.6 is 0 Å². The molecule has 8 heteroatoms. The molecule has 1 saturated heterocycles. The molecule has 0 bridgehead atoms. The van der Waals surface area contributed by atoms with E-state index in [1.54, 1.807) is 4.90 Å². The number of sulfonamides is 1. The molecule has 0 spiro atoms. The minimum absolute atomic E-state index is 0.0105. The molecule has 21 heavy (non-hydrogen) atoms. The first-order valence-electron chi connectivity index (χ1n) is 6.90.